The topological polar surface area (TPSA) is 12.0 Å². The minimum absolute atomic E-state index is 0.308. The van der Waals surface area contributed by atoms with Gasteiger partial charge in [0.05, 0.1) is 0 Å². The van der Waals surface area contributed by atoms with Gasteiger partial charge < -0.3 is 5.32 Å². The summed E-state index contributed by atoms with van der Waals surface area (Å²) in [4.78, 5) is 1.35. The summed E-state index contributed by atoms with van der Waals surface area (Å²) < 4.78 is 13.2. The van der Waals surface area contributed by atoms with Crippen molar-refractivity contribution >= 4 is 29.1 Å². The second-order valence-corrected chi connectivity index (χ2v) is 6.37. The molecule has 2 aromatic carbocycles. The maximum absolute atomic E-state index is 13.2. The number of halogens is 2. The second kappa shape index (κ2) is 5.43. The Morgan fingerprint density at radius 3 is 2.89 bits per heavy atom. The fourth-order valence-electron chi connectivity index (χ4n) is 2.26. The number of hydrogen-bond donors (Lipinski definition) is 1. The van der Waals surface area contributed by atoms with Crippen molar-refractivity contribution in [2.45, 2.75) is 16.6 Å². The van der Waals surface area contributed by atoms with Crippen molar-refractivity contribution < 1.29 is 4.39 Å². The molecule has 0 spiro atoms. The van der Waals surface area contributed by atoms with Crippen molar-refractivity contribution in [2.24, 2.45) is 0 Å². The highest BCUT2D eigenvalue weighted by Crippen LogP contribution is 2.36. The van der Waals surface area contributed by atoms with Crippen molar-refractivity contribution in [3.63, 3.8) is 0 Å². The third-order valence-electron chi connectivity index (χ3n) is 3.11. The first kappa shape index (κ1) is 12.8. The highest BCUT2D eigenvalue weighted by atomic mass is 35.5. The minimum atomic E-state index is -0.308. The smallest absolute Gasteiger partial charge is 0.126 e. The van der Waals surface area contributed by atoms with Crippen LogP contribution in [0.3, 0.4) is 0 Å². The molecule has 0 saturated heterocycles. The molecule has 0 amide bonds. The molecule has 0 aliphatic carbocycles. The van der Waals surface area contributed by atoms with E-state index in [1.54, 1.807) is 6.07 Å². The summed E-state index contributed by atoms with van der Waals surface area (Å²) in [5.74, 6) is -0.308. The molecule has 19 heavy (non-hydrogen) atoms. The van der Waals surface area contributed by atoms with E-state index in [2.05, 4.69) is 29.6 Å². The predicted molar refractivity (Wildman–Crippen MR) is 79.7 cm³/mol. The molecule has 0 bridgehead atoms. The Kier molecular flexibility index (Phi) is 3.67. The number of anilines is 1. The van der Waals surface area contributed by atoms with Crippen LogP contribution in [0.1, 0.15) is 5.56 Å². The van der Waals surface area contributed by atoms with E-state index >= 15 is 0 Å². The van der Waals surface area contributed by atoms with Crippen LogP contribution in [0.15, 0.2) is 47.4 Å². The molecular formula is C15H13ClFNS. The first-order valence-electron chi connectivity index (χ1n) is 6.15. The summed E-state index contributed by atoms with van der Waals surface area (Å²) in [5, 5.41) is 4.16. The average Bonchev–Trinajstić information content (AvgIpc) is 2.78. The first-order valence-corrected chi connectivity index (χ1v) is 7.41. The van der Waals surface area contributed by atoms with Crippen LogP contribution >= 0.6 is 23.4 Å². The van der Waals surface area contributed by atoms with Gasteiger partial charge in [-0.3, -0.25) is 0 Å². The van der Waals surface area contributed by atoms with Gasteiger partial charge in [0.25, 0.3) is 0 Å². The van der Waals surface area contributed by atoms with E-state index in [0.29, 0.717) is 10.3 Å². The van der Waals surface area contributed by atoms with Crippen LogP contribution in [0.4, 0.5) is 10.1 Å². The molecule has 0 radical (unpaired) electrons. The summed E-state index contributed by atoms with van der Waals surface area (Å²) in [6.45, 7) is 0.805. The lowest BCUT2D eigenvalue weighted by Crippen LogP contribution is -2.15. The summed E-state index contributed by atoms with van der Waals surface area (Å²) in [7, 11) is 0. The Morgan fingerprint density at radius 2 is 2.11 bits per heavy atom. The van der Waals surface area contributed by atoms with Gasteiger partial charge in [0, 0.05) is 27.4 Å². The molecule has 0 fully saturated rings. The first-order chi connectivity index (χ1) is 9.20. The second-order valence-electron chi connectivity index (χ2n) is 4.59. The highest BCUT2D eigenvalue weighted by Gasteiger charge is 2.21. The van der Waals surface area contributed by atoms with Gasteiger partial charge in [-0.05, 0) is 36.2 Å². The zero-order valence-corrected chi connectivity index (χ0v) is 11.8. The van der Waals surface area contributed by atoms with Gasteiger partial charge in [-0.25, -0.2) is 4.39 Å². The number of rotatable bonds is 3. The van der Waals surface area contributed by atoms with E-state index in [0.717, 1.165) is 18.7 Å². The number of thioether (sulfide) groups is 1. The lowest BCUT2D eigenvalue weighted by atomic mass is 10.1. The number of hydrogen-bond acceptors (Lipinski definition) is 2. The van der Waals surface area contributed by atoms with E-state index in [-0.39, 0.29) is 5.82 Å². The van der Waals surface area contributed by atoms with Gasteiger partial charge in [0.15, 0.2) is 0 Å². The van der Waals surface area contributed by atoms with Gasteiger partial charge >= 0.3 is 0 Å². The summed E-state index contributed by atoms with van der Waals surface area (Å²) in [6, 6.07) is 13.0. The molecule has 1 N–H and O–H groups in total. The van der Waals surface area contributed by atoms with Crippen LogP contribution in [-0.4, -0.2) is 11.8 Å². The van der Waals surface area contributed by atoms with Gasteiger partial charge in [0.2, 0.25) is 0 Å². The summed E-state index contributed by atoms with van der Waals surface area (Å²) >= 11 is 7.71. The largest absolute Gasteiger partial charge is 0.384 e. The molecule has 1 nitrogen and oxygen atoms in total. The standard InChI is InChI=1S/C15H13ClFNS/c16-11-6-12(17)8-13(7-11)18-9-14-5-10-3-1-2-4-15(10)19-14/h1-4,6-8,14,18H,5,9H2. The highest BCUT2D eigenvalue weighted by molar-refractivity contribution is 8.00. The van der Waals surface area contributed by atoms with Crippen LogP contribution in [0.25, 0.3) is 0 Å². The van der Waals surface area contributed by atoms with Crippen molar-refractivity contribution in [1.82, 2.24) is 0 Å². The molecule has 1 aliphatic rings. The molecule has 1 aliphatic heterocycles. The van der Waals surface area contributed by atoms with Gasteiger partial charge in [0.1, 0.15) is 5.82 Å². The van der Waals surface area contributed by atoms with Gasteiger partial charge in [-0.1, -0.05) is 29.8 Å². The fourth-order valence-corrected chi connectivity index (χ4v) is 3.73. The van der Waals surface area contributed by atoms with Crippen LogP contribution in [0, 0.1) is 5.82 Å². The Morgan fingerprint density at radius 1 is 1.26 bits per heavy atom. The Labute approximate surface area is 121 Å². The molecule has 98 valence electrons. The minimum Gasteiger partial charge on any atom is -0.384 e. The van der Waals surface area contributed by atoms with Gasteiger partial charge in [-0.15, -0.1) is 11.8 Å². The summed E-state index contributed by atoms with van der Waals surface area (Å²) in [6.07, 6.45) is 1.05. The molecule has 1 heterocycles. The normalized spacial score (nSPS) is 17.3. The number of fused-ring (bicyclic) bond motifs is 1. The third-order valence-corrected chi connectivity index (χ3v) is 4.65. The van der Waals surface area contributed by atoms with E-state index in [9.17, 15) is 4.39 Å². The Hall–Kier alpha value is -1.19. The molecule has 0 aromatic heterocycles. The zero-order valence-electron chi connectivity index (χ0n) is 10.2. The molecular weight excluding hydrogens is 281 g/mol. The van der Waals surface area contributed by atoms with Gasteiger partial charge in [-0.2, -0.15) is 0 Å². The molecule has 3 rings (SSSR count). The molecule has 1 atom stereocenters. The van der Waals surface area contributed by atoms with Crippen LogP contribution in [-0.2, 0) is 6.42 Å². The van der Waals surface area contributed by atoms with Crippen molar-refractivity contribution in [3.05, 3.63) is 58.9 Å². The van der Waals surface area contributed by atoms with E-state index < -0.39 is 0 Å². The quantitative estimate of drug-likeness (QED) is 0.887. The number of benzene rings is 2. The lowest BCUT2D eigenvalue weighted by Gasteiger charge is -2.11. The van der Waals surface area contributed by atoms with E-state index in [1.807, 2.05) is 11.8 Å². The Bertz CT molecular complexity index is 557. The maximum Gasteiger partial charge on any atom is 0.126 e. The van der Waals surface area contributed by atoms with E-state index in [1.165, 1.54) is 22.6 Å². The fraction of sp³-hybridized carbons (Fsp3) is 0.200. The van der Waals surface area contributed by atoms with Crippen LogP contribution in [0.5, 0.6) is 0 Å². The van der Waals surface area contributed by atoms with Crippen molar-refractivity contribution in [3.8, 4) is 0 Å². The molecule has 1 unspecified atom stereocenters. The van der Waals surface area contributed by atoms with Crippen LogP contribution in [0.2, 0.25) is 5.02 Å². The lowest BCUT2D eigenvalue weighted by molar-refractivity contribution is 0.628. The molecule has 2 aromatic rings. The summed E-state index contributed by atoms with van der Waals surface area (Å²) in [5.41, 5.74) is 2.14. The average molecular weight is 294 g/mol. The molecule has 4 heteroatoms. The SMILES string of the molecule is Fc1cc(Cl)cc(NCC2Cc3ccccc3S2)c1. The maximum atomic E-state index is 13.2. The Balaban J connectivity index is 1.62. The monoisotopic (exact) mass is 293 g/mol. The third kappa shape index (κ3) is 3.04. The van der Waals surface area contributed by atoms with Crippen molar-refractivity contribution in [1.29, 1.82) is 0 Å². The van der Waals surface area contributed by atoms with Crippen LogP contribution < -0.4 is 5.32 Å². The van der Waals surface area contributed by atoms with Crippen molar-refractivity contribution in [2.75, 3.05) is 11.9 Å². The number of nitrogens with one attached hydrogen (secondary N) is 1. The molecule has 0 saturated carbocycles. The zero-order chi connectivity index (χ0) is 13.2. The predicted octanol–water partition coefficient (Wildman–Crippen LogP) is 4.61. The van der Waals surface area contributed by atoms with E-state index in [4.69, 9.17) is 11.6 Å².